The van der Waals surface area contributed by atoms with Crippen LogP contribution in [0, 0.1) is 0 Å². The number of piperazine rings is 1. The van der Waals surface area contributed by atoms with Gasteiger partial charge >= 0.3 is 0 Å². The van der Waals surface area contributed by atoms with Crippen LogP contribution in [0.2, 0.25) is 0 Å². The average molecular weight is 253 g/mol. The fourth-order valence-corrected chi connectivity index (χ4v) is 3.61. The number of hydrogen-bond acceptors (Lipinski definition) is 3. The summed E-state index contributed by atoms with van der Waals surface area (Å²) in [6, 6.07) is 1.51. The molecule has 3 heteroatoms. The SMILES string of the molecule is CNC1CCCCC1N1CCN(C(C)(C)C)CC1. The van der Waals surface area contributed by atoms with Crippen LogP contribution in [0.1, 0.15) is 46.5 Å². The highest BCUT2D eigenvalue weighted by Crippen LogP contribution is 2.25. The molecule has 2 rings (SSSR count). The van der Waals surface area contributed by atoms with Crippen LogP contribution in [0.5, 0.6) is 0 Å². The second kappa shape index (κ2) is 5.89. The number of nitrogens with zero attached hydrogens (tertiary/aromatic N) is 2. The van der Waals surface area contributed by atoms with Gasteiger partial charge in [-0.2, -0.15) is 0 Å². The van der Waals surface area contributed by atoms with Crippen molar-refractivity contribution in [2.24, 2.45) is 0 Å². The van der Waals surface area contributed by atoms with Gasteiger partial charge in [-0.15, -0.1) is 0 Å². The first-order chi connectivity index (χ1) is 8.52. The van der Waals surface area contributed by atoms with Crippen molar-refractivity contribution in [1.29, 1.82) is 0 Å². The van der Waals surface area contributed by atoms with Gasteiger partial charge in [0.2, 0.25) is 0 Å². The maximum absolute atomic E-state index is 3.54. The zero-order valence-corrected chi connectivity index (χ0v) is 12.7. The van der Waals surface area contributed by atoms with E-state index in [4.69, 9.17) is 0 Å². The molecule has 0 aromatic rings. The van der Waals surface area contributed by atoms with E-state index in [9.17, 15) is 0 Å². The predicted octanol–water partition coefficient (Wildman–Crippen LogP) is 1.93. The molecule has 1 N–H and O–H groups in total. The summed E-state index contributed by atoms with van der Waals surface area (Å²) in [5, 5.41) is 3.54. The summed E-state index contributed by atoms with van der Waals surface area (Å²) >= 11 is 0. The lowest BCUT2D eigenvalue weighted by Gasteiger charge is -2.47. The van der Waals surface area contributed by atoms with Crippen LogP contribution in [0.15, 0.2) is 0 Å². The Balaban J connectivity index is 1.88. The molecule has 1 saturated heterocycles. The Kier molecular flexibility index (Phi) is 4.68. The molecule has 2 atom stereocenters. The topological polar surface area (TPSA) is 18.5 Å². The minimum Gasteiger partial charge on any atom is -0.315 e. The normalized spacial score (nSPS) is 32.7. The van der Waals surface area contributed by atoms with Crippen LogP contribution in [0.3, 0.4) is 0 Å². The van der Waals surface area contributed by atoms with Gasteiger partial charge in [-0.05, 0) is 40.7 Å². The second-order valence-electron chi connectivity index (χ2n) is 6.94. The van der Waals surface area contributed by atoms with Gasteiger partial charge in [-0.1, -0.05) is 12.8 Å². The fourth-order valence-electron chi connectivity index (χ4n) is 3.61. The van der Waals surface area contributed by atoms with Crippen molar-refractivity contribution < 1.29 is 0 Å². The van der Waals surface area contributed by atoms with E-state index in [0.29, 0.717) is 5.54 Å². The molecule has 1 heterocycles. The molecule has 2 aliphatic rings. The molecule has 1 aliphatic carbocycles. The zero-order valence-electron chi connectivity index (χ0n) is 12.7. The highest BCUT2D eigenvalue weighted by Gasteiger charge is 2.33. The maximum Gasteiger partial charge on any atom is 0.0250 e. The first kappa shape index (κ1) is 14.3. The third-order valence-corrected chi connectivity index (χ3v) is 4.83. The van der Waals surface area contributed by atoms with Gasteiger partial charge in [0.1, 0.15) is 0 Å². The van der Waals surface area contributed by atoms with Gasteiger partial charge in [0.25, 0.3) is 0 Å². The molecule has 2 fully saturated rings. The van der Waals surface area contributed by atoms with Crippen LogP contribution in [0.4, 0.5) is 0 Å². The largest absolute Gasteiger partial charge is 0.315 e. The lowest BCUT2D eigenvalue weighted by Crippen LogP contribution is -2.59. The quantitative estimate of drug-likeness (QED) is 0.811. The van der Waals surface area contributed by atoms with E-state index >= 15 is 0 Å². The smallest absolute Gasteiger partial charge is 0.0250 e. The predicted molar refractivity (Wildman–Crippen MR) is 78.0 cm³/mol. The number of hydrogen-bond donors (Lipinski definition) is 1. The molecule has 1 saturated carbocycles. The van der Waals surface area contributed by atoms with Crippen molar-refractivity contribution in [2.45, 2.75) is 64.1 Å². The minimum absolute atomic E-state index is 0.334. The molecule has 0 bridgehead atoms. The lowest BCUT2D eigenvalue weighted by molar-refractivity contribution is 0.0243. The van der Waals surface area contributed by atoms with Crippen LogP contribution in [-0.4, -0.2) is 60.6 Å². The average Bonchev–Trinajstić information content (AvgIpc) is 2.38. The van der Waals surface area contributed by atoms with E-state index in [2.05, 4.69) is 42.9 Å². The summed E-state index contributed by atoms with van der Waals surface area (Å²) in [6.45, 7) is 12.0. The first-order valence-electron chi connectivity index (χ1n) is 7.69. The standard InChI is InChI=1S/C15H31N3/c1-15(2,3)18-11-9-17(10-12-18)14-8-6-5-7-13(14)16-4/h13-14,16H,5-12H2,1-4H3. The van der Waals surface area contributed by atoms with Crippen molar-refractivity contribution in [2.75, 3.05) is 33.2 Å². The summed E-state index contributed by atoms with van der Waals surface area (Å²) in [7, 11) is 2.13. The third-order valence-electron chi connectivity index (χ3n) is 4.83. The van der Waals surface area contributed by atoms with E-state index in [1.54, 1.807) is 0 Å². The molecule has 3 nitrogen and oxygen atoms in total. The first-order valence-corrected chi connectivity index (χ1v) is 7.69. The Hall–Kier alpha value is -0.120. The van der Waals surface area contributed by atoms with Crippen molar-refractivity contribution in [1.82, 2.24) is 15.1 Å². The summed E-state index contributed by atoms with van der Waals surface area (Å²) in [6.07, 6.45) is 5.58. The molecule has 0 spiro atoms. The monoisotopic (exact) mass is 253 g/mol. The van der Waals surface area contributed by atoms with Gasteiger partial charge in [-0.3, -0.25) is 9.80 Å². The summed E-state index contributed by atoms with van der Waals surface area (Å²) in [5.41, 5.74) is 0.334. The van der Waals surface area contributed by atoms with Crippen molar-refractivity contribution >= 4 is 0 Å². The van der Waals surface area contributed by atoms with Gasteiger partial charge in [0.15, 0.2) is 0 Å². The Morgan fingerprint density at radius 2 is 1.56 bits per heavy atom. The molecule has 2 unspecified atom stereocenters. The summed E-state index contributed by atoms with van der Waals surface area (Å²) in [4.78, 5) is 5.36. The lowest BCUT2D eigenvalue weighted by atomic mass is 9.88. The van der Waals surface area contributed by atoms with Gasteiger partial charge in [-0.25, -0.2) is 0 Å². The molecular weight excluding hydrogens is 222 g/mol. The van der Waals surface area contributed by atoms with E-state index in [-0.39, 0.29) is 0 Å². The highest BCUT2D eigenvalue weighted by atomic mass is 15.3. The molecule has 0 aromatic heterocycles. The number of nitrogens with one attached hydrogen (secondary N) is 1. The number of likely N-dealkylation sites (N-methyl/N-ethyl adjacent to an activating group) is 1. The zero-order chi connectivity index (χ0) is 13.2. The summed E-state index contributed by atoms with van der Waals surface area (Å²) in [5.74, 6) is 0. The number of rotatable bonds is 2. The van der Waals surface area contributed by atoms with Crippen LogP contribution < -0.4 is 5.32 Å². The van der Waals surface area contributed by atoms with Gasteiger partial charge in [0.05, 0.1) is 0 Å². The summed E-state index contributed by atoms with van der Waals surface area (Å²) < 4.78 is 0. The molecule has 0 aromatic carbocycles. The maximum atomic E-state index is 3.54. The van der Waals surface area contributed by atoms with Crippen molar-refractivity contribution in [3.8, 4) is 0 Å². The van der Waals surface area contributed by atoms with E-state index in [0.717, 1.165) is 12.1 Å². The van der Waals surface area contributed by atoms with Gasteiger partial charge < -0.3 is 5.32 Å². The van der Waals surface area contributed by atoms with E-state index in [1.807, 2.05) is 0 Å². The van der Waals surface area contributed by atoms with Crippen LogP contribution in [0.25, 0.3) is 0 Å². The third kappa shape index (κ3) is 3.25. The molecule has 1 aliphatic heterocycles. The highest BCUT2D eigenvalue weighted by molar-refractivity contribution is 4.91. The van der Waals surface area contributed by atoms with Crippen LogP contribution >= 0.6 is 0 Å². The Bertz CT molecular complexity index is 251. The Morgan fingerprint density at radius 3 is 2.11 bits per heavy atom. The second-order valence-corrected chi connectivity index (χ2v) is 6.94. The van der Waals surface area contributed by atoms with E-state index in [1.165, 1.54) is 51.9 Å². The van der Waals surface area contributed by atoms with E-state index < -0.39 is 0 Å². The minimum atomic E-state index is 0.334. The van der Waals surface area contributed by atoms with Crippen molar-refractivity contribution in [3.05, 3.63) is 0 Å². The molecule has 106 valence electrons. The van der Waals surface area contributed by atoms with Gasteiger partial charge in [0, 0.05) is 43.8 Å². The molecule has 18 heavy (non-hydrogen) atoms. The van der Waals surface area contributed by atoms with Crippen LogP contribution in [-0.2, 0) is 0 Å². The molecule has 0 radical (unpaired) electrons. The van der Waals surface area contributed by atoms with Crippen molar-refractivity contribution in [3.63, 3.8) is 0 Å². The molecule has 0 amide bonds. The molecular formula is C15H31N3. The fraction of sp³-hybridized carbons (Fsp3) is 1.00. The Morgan fingerprint density at radius 1 is 0.944 bits per heavy atom. The Labute approximate surface area is 113 Å².